The molecule has 3 nitrogen and oxygen atoms in total. The van der Waals surface area contributed by atoms with Gasteiger partial charge in [0, 0.05) is 30.7 Å². The Morgan fingerprint density at radius 2 is 2.31 bits per heavy atom. The maximum absolute atomic E-state index is 5.92. The van der Waals surface area contributed by atoms with Crippen LogP contribution in [0.2, 0.25) is 0 Å². The Labute approximate surface area is 79.4 Å². The summed E-state index contributed by atoms with van der Waals surface area (Å²) in [5.41, 5.74) is 8.07. The molecule has 13 heavy (non-hydrogen) atoms. The van der Waals surface area contributed by atoms with Crippen LogP contribution in [0.3, 0.4) is 0 Å². The number of hydrogen-bond acceptors (Lipinski definition) is 3. The molecule has 1 unspecified atom stereocenters. The number of nitrogens with one attached hydrogen (secondary N) is 1. The molecular formula is C10H17N3. The Balaban J connectivity index is 2.96. The fraction of sp³-hybridized carbons (Fsp3) is 0.500. The molecule has 1 aliphatic rings. The molecule has 0 bridgehead atoms. The lowest BCUT2D eigenvalue weighted by Crippen LogP contribution is -2.30. The molecule has 3 N–H and O–H groups in total. The van der Waals surface area contributed by atoms with E-state index in [1.807, 2.05) is 19.3 Å². The van der Waals surface area contributed by atoms with Crippen molar-refractivity contribution in [3.8, 4) is 0 Å². The van der Waals surface area contributed by atoms with Crippen molar-refractivity contribution >= 4 is 5.71 Å². The first kappa shape index (κ1) is 9.99. The molecule has 1 aliphatic heterocycles. The summed E-state index contributed by atoms with van der Waals surface area (Å²) in [7, 11) is 1.87. The van der Waals surface area contributed by atoms with E-state index in [2.05, 4.69) is 24.2 Å². The minimum atomic E-state index is -0.0256. The summed E-state index contributed by atoms with van der Waals surface area (Å²) < 4.78 is 0. The van der Waals surface area contributed by atoms with Crippen LogP contribution < -0.4 is 11.1 Å². The predicted octanol–water partition coefficient (Wildman–Crippen LogP) is 1.04. The van der Waals surface area contributed by atoms with Crippen LogP contribution in [-0.2, 0) is 0 Å². The van der Waals surface area contributed by atoms with E-state index in [9.17, 15) is 0 Å². The highest BCUT2D eigenvalue weighted by molar-refractivity contribution is 6.03. The molecule has 0 aromatic rings. The normalized spacial score (nSPS) is 25.2. The van der Waals surface area contributed by atoms with E-state index in [1.165, 1.54) is 0 Å². The van der Waals surface area contributed by atoms with Gasteiger partial charge in [0.25, 0.3) is 0 Å². The topological polar surface area (TPSA) is 50.4 Å². The molecule has 0 saturated carbocycles. The molecular weight excluding hydrogens is 162 g/mol. The zero-order chi connectivity index (χ0) is 9.84. The van der Waals surface area contributed by atoms with Crippen molar-refractivity contribution in [3.63, 3.8) is 0 Å². The highest BCUT2D eigenvalue weighted by atomic mass is 14.8. The molecule has 0 spiro atoms. The SMILES string of the molecule is CN/C=C1/C(C(C)C)=NC=CC1N. The highest BCUT2D eigenvalue weighted by Crippen LogP contribution is 2.15. The zero-order valence-electron chi connectivity index (χ0n) is 8.41. The largest absolute Gasteiger partial charge is 0.394 e. The van der Waals surface area contributed by atoms with Gasteiger partial charge >= 0.3 is 0 Å². The van der Waals surface area contributed by atoms with Gasteiger partial charge in [-0.25, -0.2) is 0 Å². The van der Waals surface area contributed by atoms with Crippen LogP contribution in [0.4, 0.5) is 0 Å². The fourth-order valence-corrected chi connectivity index (χ4v) is 1.37. The van der Waals surface area contributed by atoms with Gasteiger partial charge in [-0.15, -0.1) is 0 Å². The quantitative estimate of drug-likeness (QED) is 0.665. The second-order valence-electron chi connectivity index (χ2n) is 3.42. The second kappa shape index (κ2) is 4.23. The molecule has 1 heterocycles. The van der Waals surface area contributed by atoms with Gasteiger partial charge in [0.1, 0.15) is 0 Å². The van der Waals surface area contributed by atoms with Gasteiger partial charge in [0.2, 0.25) is 0 Å². The number of nitrogens with two attached hydrogens (primary N) is 1. The third-order valence-electron chi connectivity index (χ3n) is 2.01. The molecule has 72 valence electrons. The number of rotatable bonds is 2. The lowest BCUT2D eigenvalue weighted by Gasteiger charge is -2.20. The Bertz CT molecular complexity index is 261. The van der Waals surface area contributed by atoms with E-state index in [0.717, 1.165) is 11.3 Å². The summed E-state index contributed by atoms with van der Waals surface area (Å²) in [4.78, 5) is 4.33. The third-order valence-corrected chi connectivity index (χ3v) is 2.01. The van der Waals surface area contributed by atoms with Gasteiger partial charge in [-0.3, -0.25) is 4.99 Å². The van der Waals surface area contributed by atoms with Gasteiger partial charge in [-0.1, -0.05) is 13.8 Å². The van der Waals surface area contributed by atoms with Crippen molar-refractivity contribution in [2.75, 3.05) is 7.05 Å². The fourth-order valence-electron chi connectivity index (χ4n) is 1.37. The van der Waals surface area contributed by atoms with Crippen molar-refractivity contribution in [2.24, 2.45) is 16.6 Å². The molecule has 0 amide bonds. The highest BCUT2D eigenvalue weighted by Gasteiger charge is 2.18. The van der Waals surface area contributed by atoms with Gasteiger partial charge in [0.05, 0.1) is 6.04 Å². The molecule has 0 aromatic heterocycles. The Morgan fingerprint density at radius 1 is 1.62 bits per heavy atom. The average Bonchev–Trinajstić information content (AvgIpc) is 2.08. The first-order valence-corrected chi connectivity index (χ1v) is 4.54. The molecule has 1 atom stereocenters. The summed E-state index contributed by atoms with van der Waals surface area (Å²) in [5, 5.41) is 3.00. The maximum Gasteiger partial charge on any atom is 0.0531 e. The van der Waals surface area contributed by atoms with Crippen molar-refractivity contribution in [1.29, 1.82) is 0 Å². The van der Waals surface area contributed by atoms with Crippen molar-refractivity contribution in [3.05, 3.63) is 24.0 Å². The first-order chi connectivity index (χ1) is 6.16. The lowest BCUT2D eigenvalue weighted by molar-refractivity contribution is 0.844. The smallest absolute Gasteiger partial charge is 0.0531 e. The summed E-state index contributed by atoms with van der Waals surface area (Å²) in [5.74, 6) is 0.413. The number of aliphatic imine (C=N–C) groups is 1. The zero-order valence-corrected chi connectivity index (χ0v) is 8.41. The maximum atomic E-state index is 5.92. The Hall–Kier alpha value is -1.09. The van der Waals surface area contributed by atoms with Crippen LogP contribution >= 0.6 is 0 Å². The van der Waals surface area contributed by atoms with Crippen LogP contribution in [0.25, 0.3) is 0 Å². The van der Waals surface area contributed by atoms with Gasteiger partial charge in [0.15, 0.2) is 0 Å². The lowest BCUT2D eigenvalue weighted by atomic mass is 9.93. The van der Waals surface area contributed by atoms with Crippen LogP contribution in [0, 0.1) is 5.92 Å². The van der Waals surface area contributed by atoms with E-state index in [1.54, 1.807) is 6.20 Å². The summed E-state index contributed by atoms with van der Waals surface area (Å²) in [6.45, 7) is 4.24. The molecule has 0 fully saturated rings. The molecule has 0 aromatic carbocycles. The van der Waals surface area contributed by atoms with Crippen LogP contribution in [0.5, 0.6) is 0 Å². The van der Waals surface area contributed by atoms with Crippen LogP contribution in [-0.4, -0.2) is 18.8 Å². The van der Waals surface area contributed by atoms with Gasteiger partial charge in [-0.2, -0.15) is 0 Å². The van der Waals surface area contributed by atoms with E-state index in [4.69, 9.17) is 5.73 Å². The molecule has 0 saturated heterocycles. The molecule has 0 aliphatic carbocycles. The first-order valence-electron chi connectivity index (χ1n) is 4.54. The Kier molecular flexibility index (Phi) is 3.25. The van der Waals surface area contributed by atoms with Crippen molar-refractivity contribution < 1.29 is 0 Å². The second-order valence-corrected chi connectivity index (χ2v) is 3.42. The van der Waals surface area contributed by atoms with E-state index < -0.39 is 0 Å². The summed E-state index contributed by atoms with van der Waals surface area (Å²) in [6, 6.07) is -0.0256. The van der Waals surface area contributed by atoms with E-state index in [0.29, 0.717) is 5.92 Å². The average molecular weight is 179 g/mol. The van der Waals surface area contributed by atoms with Crippen LogP contribution in [0.1, 0.15) is 13.8 Å². The minimum absolute atomic E-state index is 0.0256. The predicted molar refractivity (Wildman–Crippen MR) is 56.5 cm³/mol. The Morgan fingerprint density at radius 3 is 2.85 bits per heavy atom. The standard InChI is InChI=1S/C10H17N3/c1-7(2)10-8(6-12-3)9(11)4-5-13-10/h4-7,9,12H,11H2,1-3H3/b8-6+. The molecule has 1 rings (SSSR count). The van der Waals surface area contributed by atoms with E-state index in [-0.39, 0.29) is 6.04 Å². The number of hydrogen-bond donors (Lipinski definition) is 2. The third kappa shape index (κ3) is 2.18. The molecule has 0 radical (unpaired) electrons. The van der Waals surface area contributed by atoms with E-state index >= 15 is 0 Å². The number of nitrogens with zero attached hydrogens (tertiary/aromatic N) is 1. The monoisotopic (exact) mass is 179 g/mol. The van der Waals surface area contributed by atoms with Gasteiger partial charge < -0.3 is 11.1 Å². The van der Waals surface area contributed by atoms with Crippen molar-refractivity contribution in [1.82, 2.24) is 5.32 Å². The van der Waals surface area contributed by atoms with Crippen molar-refractivity contribution in [2.45, 2.75) is 19.9 Å². The molecule has 3 heteroatoms. The summed E-state index contributed by atoms with van der Waals surface area (Å²) >= 11 is 0. The van der Waals surface area contributed by atoms with Crippen LogP contribution in [0.15, 0.2) is 29.0 Å². The minimum Gasteiger partial charge on any atom is -0.394 e. The van der Waals surface area contributed by atoms with Gasteiger partial charge in [-0.05, 0) is 12.0 Å². The summed E-state index contributed by atoms with van der Waals surface area (Å²) in [6.07, 6.45) is 5.61.